The summed E-state index contributed by atoms with van der Waals surface area (Å²) < 4.78 is 0. The molecule has 0 amide bonds. The number of nitrogens with zero attached hydrogens (tertiary/aromatic N) is 1. The normalized spacial score (nSPS) is 26.2. The minimum absolute atomic E-state index is 0.245. The molecule has 0 aliphatic carbocycles. The van der Waals surface area contributed by atoms with Crippen LogP contribution in [-0.2, 0) is 6.42 Å². The van der Waals surface area contributed by atoms with Crippen LogP contribution >= 0.6 is 0 Å². The van der Waals surface area contributed by atoms with Crippen molar-refractivity contribution < 1.29 is 0 Å². The van der Waals surface area contributed by atoms with Crippen LogP contribution in [-0.4, -0.2) is 29.6 Å². The molecule has 1 aliphatic rings. The first-order valence-electron chi connectivity index (χ1n) is 7.01. The summed E-state index contributed by atoms with van der Waals surface area (Å²) >= 11 is 0. The number of rotatable bonds is 2. The fourth-order valence-electron chi connectivity index (χ4n) is 2.81. The van der Waals surface area contributed by atoms with Crippen LogP contribution in [0.15, 0.2) is 30.3 Å². The number of piperidine rings is 1. The average molecular weight is 246 g/mol. The quantitative estimate of drug-likeness (QED) is 0.869. The Bertz CT molecular complexity index is 366. The molecule has 0 saturated carbocycles. The highest BCUT2D eigenvalue weighted by atomic mass is 15.2. The molecule has 0 bridgehead atoms. The van der Waals surface area contributed by atoms with E-state index in [1.165, 1.54) is 18.5 Å². The maximum Gasteiger partial charge on any atom is 0.0200 e. The Balaban J connectivity index is 1.94. The highest BCUT2D eigenvalue weighted by Crippen LogP contribution is 2.25. The summed E-state index contributed by atoms with van der Waals surface area (Å²) in [5.74, 6) is 0.631. The molecular weight excluding hydrogens is 220 g/mol. The van der Waals surface area contributed by atoms with E-state index in [1.54, 1.807) is 0 Å². The number of nitrogens with two attached hydrogens (primary N) is 1. The SMILES string of the molecule is CC(C)(C)N1CC[C@@H](Cc2ccccc2)[C@@H](N)C1. The van der Waals surface area contributed by atoms with E-state index < -0.39 is 0 Å². The summed E-state index contributed by atoms with van der Waals surface area (Å²) in [5, 5.41) is 0. The standard InChI is InChI=1S/C16H26N2/c1-16(2,3)18-10-9-14(15(17)12-18)11-13-7-5-4-6-8-13/h4-8,14-15H,9-12,17H2,1-3H3/t14-,15-/m0/s1. The van der Waals surface area contributed by atoms with E-state index in [4.69, 9.17) is 5.73 Å². The molecule has 2 nitrogen and oxygen atoms in total. The average Bonchev–Trinajstić information content (AvgIpc) is 2.32. The summed E-state index contributed by atoms with van der Waals surface area (Å²) in [6.07, 6.45) is 2.34. The van der Waals surface area contributed by atoms with Gasteiger partial charge in [0.05, 0.1) is 0 Å². The van der Waals surface area contributed by atoms with Gasteiger partial charge in [0.25, 0.3) is 0 Å². The first kappa shape index (κ1) is 13.6. The number of hydrogen-bond donors (Lipinski definition) is 1. The minimum Gasteiger partial charge on any atom is -0.326 e. The Kier molecular flexibility index (Phi) is 4.08. The molecular formula is C16H26N2. The maximum atomic E-state index is 6.37. The third kappa shape index (κ3) is 3.33. The largest absolute Gasteiger partial charge is 0.326 e. The molecule has 1 fully saturated rings. The summed E-state index contributed by atoms with van der Waals surface area (Å²) in [6, 6.07) is 11.0. The molecule has 1 heterocycles. The van der Waals surface area contributed by atoms with Gasteiger partial charge in [-0.3, -0.25) is 4.90 Å². The predicted octanol–water partition coefficient (Wildman–Crippen LogP) is 2.68. The zero-order valence-corrected chi connectivity index (χ0v) is 11.9. The van der Waals surface area contributed by atoms with E-state index in [2.05, 4.69) is 56.0 Å². The van der Waals surface area contributed by atoms with Crippen LogP contribution < -0.4 is 5.73 Å². The fraction of sp³-hybridized carbons (Fsp3) is 0.625. The van der Waals surface area contributed by atoms with E-state index in [1.807, 2.05) is 0 Å². The zero-order chi connectivity index (χ0) is 13.2. The summed E-state index contributed by atoms with van der Waals surface area (Å²) in [7, 11) is 0. The lowest BCUT2D eigenvalue weighted by Gasteiger charge is -2.44. The van der Waals surface area contributed by atoms with Gasteiger partial charge in [0.1, 0.15) is 0 Å². The molecule has 0 spiro atoms. The van der Waals surface area contributed by atoms with Crippen molar-refractivity contribution in [3.05, 3.63) is 35.9 Å². The highest BCUT2D eigenvalue weighted by Gasteiger charge is 2.31. The molecule has 1 aromatic rings. The van der Waals surface area contributed by atoms with E-state index in [-0.39, 0.29) is 5.54 Å². The number of benzene rings is 1. The Morgan fingerprint density at radius 3 is 2.44 bits per heavy atom. The van der Waals surface area contributed by atoms with Gasteiger partial charge in [0.15, 0.2) is 0 Å². The second-order valence-corrected chi connectivity index (χ2v) is 6.52. The molecule has 18 heavy (non-hydrogen) atoms. The van der Waals surface area contributed by atoms with E-state index in [9.17, 15) is 0 Å². The Labute approximate surface area is 111 Å². The van der Waals surface area contributed by atoms with Gasteiger partial charge in [-0.2, -0.15) is 0 Å². The minimum atomic E-state index is 0.245. The summed E-state index contributed by atoms with van der Waals surface area (Å²) in [6.45, 7) is 9.03. The van der Waals surface area contributed by atoms with Crippen molar-refractivity contribution in [1.29, 1.82) is 0 Å². The number of likely N-dealkylation sites (tertiary alicyclic amines) is 1. The van der Waals surface area contributed by atoms with Crippen LogP contribution in [0.4, 0.5) is 0 Å². The summed E-state index contributed by atoms with van der Waals surface area (Å²) in [4.78, 5) is 2.51. The molecule has 0 unspecified atom stereocenters. The highest BCUT2D eigenvalue weighted by molar-refractivity contribution is 5.16. The van der Waals surface area contributed by atoms with Gasteiger partial charge in [-0.25, -0.2) is 0 Å². The van der Waals surface area contributed by atoms with E-state index >= 15 is 0 Å². The van der Waals surface area contributed by atoms with Crippen molar-refractivity contribution in [2.75, 3.05) is 13.1 Å². The molecule has 0 radical (unpaired) electrons. The molecule has 2 atom stereocenters. The fourth-order valence-corrected chi connectivity index (χ4v) is 2.81. The van der Waals surface area contributed by atoms with Crippen molar-refractivity contribution in [2.45, 2.75) is 45.2 Å². The summed E-state index contributed by atoms with van der Waals surface area (Å²) in [5.41, 5.74) is 8.04. The molecule has 100 valence electrons. The van der Waals surface area contributed by atoms with Gasteiger partial charge in [0.2, 0.25) is 0 Å². The first-order chi connectivity index (χ1) is 8.47. The molecule has 2 rings (SSSR count). The van der Waals surface area contributed by atoms with Gasteiger partial charge in [-0.1, -0.05) is 30.3 Å². The lowest BCUT2D eigenvalue weighted by Crippen LogP contribution is -2.55. The van der Waals surface area contributed by atoms with Crippen molar-refractivity contribution in [3.63, 3.8) is 0 Å². The van der Waals surface area contributed by atoms with Gasteiger partial charge >= 0.3 is 0 Å². The Morgan fingerprint density at radius 2 is 1.89 bits per heavy atom. The molecule has 1 aromatic carbocycles. The molecule has 1 saturated heterocycles. The van der Waals surface area contributed by atoms with Crippen molar-refractivity contribution in [1.82, 2.24) is 4.90 Å². The van der Waals surface area contributed by atoms with E-state index in [0.29, 0.717) is 12.0 Å². The Hall–Kier alpha value is -0.860. The molecule has 1 aliphatic heterocycles. The van der Waals surface area contributed by atoms with Crippen LogP contribution in [0, 0.1) is 5.92 Å². The second kappa shape index (κ2) is 5.41. The van der Waals surface area contributed by atoms with Crippen LogP contribution in [0.2, 0.25) is 0 Å². The van der Waals surface area contributed by atoms with Gasteiger partial charge in [-0.05, 0) is 51.6 Å². The van der Waals surface area contributed by atoms with Crippen molar-refractivity contribution in [2.24, 2.45) is 11.7 Å². The van der Waals surface area contributed by atoms with Crippen LogP contribution in [0.25, 0.3) is 0 Å². The third-order valence-electron chi connectivity index (χ3n) is 4.10. The molecule has 2 N–H and O–H groups in total. The van der Waals surface area contributed by atoms with Crippen molar-refractivity contribution in [3.8, 4) is 0 Å². The van der Waals surface area contributed by atoms with Crippen LogP contribution in [0.1, 0.15) is 32.8 Å². The predicted molar refractivity (Wildman–Crippen MR) is 77.6 cm³/mol. The van der Waals surface area contributed by atoms with Crippen LogP contribution in [0.5, 0.6) is 0 Å². The third-order valence-corrected chi connectivity index (χ3v) is 4.10. The van der Waals surface area contributed by atoms with Gasteiger partial charge in [0, 0.05) is 18.1 Å². The first-order valence-corrected chi connectivity index (χ1v) is 7.01. The lowest BCUT2D eigenvalue weighted by atomic mass is 9.85. The second-order valence-electron chi connectivity index (χ2n) is 6.52. The Morgan fingerprint density at radius 1 is 1.22 bits per heavy atom. The molecule has 2 heteroatoms. The van der Waals surface area contributed by atoms with Crippen LogP contribution in [0.3, 0.4) is 0 Å². The molecule has 0 aromatic heterocycles. The lowest BCUT2D eigenvalue weighted by molar-refractivity contribution is 0.0736. The van der Waals surface area contributed by atoms with E-state index in [0.717, 1.165) is 13.0 Å². The monoisotopic (exact) mass is 246 g/mol. The van der Waals surface area contributed by atoms with Gasteiger partial charge in [-0.15, -0.1) is 0 Å². The smallest absolute Gasteiger partial charge is 0.0200 e. The maximum absolute atomic E-state index is 6.37. The topological polar surface area (TPSA) is 29.3 Å². The van der Waals surface area contributed by atoms with Crippen molar-refractivity contribution >= 4 is 0 Å². The van der Waals surface area contributed by atoms with Gasteiger partial charge < -0.3 is 5.73 Å². The number of hydrogen-bond acceptors (Lipinski definition) is 2. The zero-order valence-electron chi connectivity index (χ0n) is 11.9.